The summed E-state index contributed by atoms with van der Waals surface area (Å²) >= 11 is 3.49. The number of benzene rings is 1. The van der Waals surface area contributed by atoms with Crippen molar-refractivity contribution in [1.82, 2.24) is 19.7 Å². The zero-order chi connectivity index (χ0) is 15.8. The average molecular weight is 372 g/mol. The fraction of sp³-hybridized carbons (Fsp3) is 0.250. The molecule has 0 radical (unpaired) electrons. The summed E-state index contributed by atoms with van der Waals surface area (Å²) in [4.78, 5) is 17.0. The molecule has 3 aromatic rings. The highest BCUT2D eigenvalue weighted by Crippen LogP contribution is 2.24. The molecule has 2 aromatic heterocycles. The number of hydrogen-bond acceptors (Lipinski definition) is 4. The van der Waals surface area contributed by atoms with Gasteiger partial charge in [-0.1, -0.05) is 12.1 Å². The molecule has 116 valence electrons. The van der Waals surface area contributed by atoms with E-state index in [1.165, 1.54) is 0 Å². The third-order valence-electron chi connectivity index (χ3n) is 4.12. The van der Waals surface area contributed by atoms with Gasteiger partial charge in [0.2, 0.25) is 5.91 Å². The number of fused-ring (bicyclic) bond motifs is 2. The number of hydrogen-bond donors (Lipinski definition) is 1. The molecule has 0 aliphatic carbocycles. The Morgan fingerprint density at radius 2 is 2.22 bits per heavy atom. The van der Waals surface area contributed by atoms with E-state index in [1.807, 2.05) is 34.9 Å². The number of para-hydroxylation sites is 1. The smallest absolute Gasteiger partial charge is 0.230 e. The number of anilines is 1. The second kappa shape index (κ2) is 5.73. The molecular weight excluding hydrogens is 358 g/mol. The first-order valence-electron chi connectivity index (χ1n) is 7.43. The first kappa shape index (κ1) is 14.3. The summed E-state index contributed by atoms with van der Waals surface area (Å²) in [5.74, 6) is 1.42. The van der Waals surface area contributed by atoms with Gasteiger partial charge in [-0.15, -0.1) is 10.2 Å². The molecule has 6 nitrogen and oxygen atoms in total. The molecule has 4 rings (SSSR count). The van der Waals surface area contributed by atoms with Gasteiger partial charge < -0.3 is 9.88 Å². The lowest BCUT2D eigenvalue weighted by atomic mass is 9.98. The van der Waals surface area contributed by atoms with Gasteiger partial charge in [-0.3, -0.25) is 4.79 Å². The highest BCUT2D eigenvalue weighted by molar-refractivity contribution is 9.10. The summed E-state index contributed by atoms with van der Waals surface area (Å²) in [5, 5.41) is 11.9. The van der Waals surface area contributed by atoms with Crippen LogP contribution in [-0.2, 0) is 17.8 Å². The van der Waals surface area contributed by atoms with Crippen LogP contribution in [0.25, 0.3) is 10.9 Å². The first-order chi connectivity index (χ1) is 11.2. The van der Waals surface area contributed by atoms with Gasteiger partial charge in [0, 0.05) is 22.8 Å². The van der Waals surface area contributed by atoms with Crippen LogP contribution in [0, 0.1) is 5.92 Å². The Balaban J connectivity index is 1.54. The summed E-state index contributed by atoms with van der Waals surface area (Å²) < 4.78 is 2.86. The van der Waals surface area contributed by atoms with Crippen molar-refractivity contribution in [3.63, 3.8) is 0 Å². The molecule has 1 N–H and O–H groups in total. The highest BCUT2D eigenvalue weighted by Gasteiger charge is 2.25. The lowest BCUT2D eigenvalue weighted by Gasteiger charge is -2.22. The second-order valence-corrected chi connectivity index (χ2v) is 6.49. The molecule has 1 unspecified atom stereocenters. The predicted molar refractivity (Wildman–Crippen MR) is 89.9 cm³/mol. The molecule has 0 fully saturated rings. The normalized spacial score (nSPS) is 17.0. The number of rotatable bonds is 2. The largest absolute Gasteiger partial charge is 0.317 e. The van der Waals surface area contributed by atoms with Gasteiger partial charge in [0.05, 0.1) is 11.4 Å². The molecule has 3 heterocycles. The van der Waals surface area contributed by atoms with Gasteiger partial charge >= 0.3 is 0 Å². The molecule has 0 saturated heterocycles. The minimum absolute atomic E-state index is 0.0109. The number of aromatic nitrogens is 4. The maximum absolute atomic E-state index is 12.5. The topological polar surface area (TPSA) is 72.7 Å². The van der Waals surface area contributed by atoms with Gasteiger partial charge in [0.1, 0.15) is 18.0 Å². The first-order valence-corrected chi connectivity index (χ1v) is 8.23. The number of nitrogens with one attached hydrogen (secondary N) is 1. The third-order valence-corrected chi connectivity index (χ3v) is 4.76. The average Bonchev–Trinajstić information content (AvgIpc) is 3.03. The van der Waals surface area contributed by atoms with Gasteiger partial charge in [-0.05, 0) is 40.5 Å². The molecule has 1 aliphatic heterocycles. The predicted octanol–water partition coefficient (Wildman–Crippen LogP) is 2.79. The van der Waals surface area contributed by atoms with Crippen molar-refractivity contribution in [1.29, 1.82) is 0 Å². The Morgan fingerprint density at radius 3 is 3.13 bits per heavy atom. The number of halogens is 1. The second-order valence-electron chi connectivity index (χ2n) is 5.63. The van der Waals surface area contributed by atoms with Crippen molar-refractivity contribution in [2.75, 3.05) is 5.32 Å². The Labute approximate surface area is 141 Å². The number of carbonyl (C=O) groups is 1. The van der Waals surface area contributed by atoms with Crippen LogP contribution in [0.15, 0.2) is 41.1 Å². The van der Waals surface area contributed by atoms with Gasteiger partial charge in [-0.25, -0.2) is 4.98 Å². The van der Waals surface area contributed by atoms with E-state index >= 15 is 0 Å². The zero-order valence-electron chi connectivity index (χ0n) is 12.2. The van der Waals surface area contributed by atoms with E-state index in [-0.39, 0.29) is 11.8 Å². The number of aryl methyl sites for hydroxylation is 1. The Hall–Kier alpha value is -2.28. The van der Waals surface area contributed by atoms with E-state index in [9.17, 15) is 4.79 Å². The SMILES string of the molecule is O=C(Nc1ccc2cccc(Br)c2n1)C1CCc2nncn2C1. The van der Waals surface area contributed by atoms with Crippen LogP contribution in [0.5, 0.6) is 0 Å². The number of amides is 1. The molecule has 0 spiro atoms. The van der Waals surface area contributed by atoms with Crippen LogP contribution in [0.2, 0.25) is 0 Å². The molecule has 1 aliphatic rings. The Bertz CT molecular complexity index is 891. The van der Waals surface area contributed by atoms with Crippen LogP contribution in [0.4, 0.5) is 5.82 Å². The van der Waals surface area contributed by atoms with Crippen LogP contribution >= 0.6 is 15.9 Å². The maximum Gasteiger partial charge on any atom is 0.230 e. The molecule has 0 saturated carbocycles. The number of pyridine rings is 1. The number of nitrogens with zero attached hydrogens (tertiary/aromatic N) is 4. The van der Waals surface area contributed by atoms with Gasteiger partial charge in [0.15, 0.2) is 0 Å². The summed E-state index contributed by atoms with van der Waals surface area (Å²) in [5.41, 5.74) is 0.843. The van der Waals surface area contributed by atoms with E-state index < -0.39 is 0 Å². The number of carbonyl (C=O) groups excluding carboxylic acids is 1. The fourth-order valence-corrected chi connectivity index (χ4v) is 3.35. The minimum atomic E-state index is -0.0878. The summed E-state index contributed by atoms with van der Waals surface area (Å²) in [6, 6.07) is 9.69. The van der Waals surface area contributed by atoms with Gasteiger partial charge in [-0.2, -0.15) is 0 Å². The van der Waals surface area contributed by atoms with Crippen molar-refractivity contribution in [3.05, 3.63) is 47.0 Å². The van der Waals surface area contributed by atoms with Crippen LogP contribution in [0.3, 0.4) is 0 Å². The molecule has 1 amide bonds. The van der Waals surface area contributed by atoms with Gasteiger partial charge in [0.25, 0.3) is 0 Å². The molecule has 7 heteroatoms. The lowest BCUT2D eigenvalue weighted by molar-refractivity contribution is -0.120. The highest BCUT2D eigenvalue weighted by atomic mass is 79.9. The van der Waals surface area contributed by atoms with E-state index in [0.717, 1.165) is 34.0 Å². The lowest BCUT2D eigenvalue weighted by Crippen LogP contribution is -2.31. The zero-order valence-corrected chi connectivity index (χ0v) is 13.8. The van der Waals surface area contributed by atoms with E-state index in [2.05, 4.69) is 36.4 Å². The molecule has 23 heavy (non-hydrogen) atoms. The molecule has 1 aromatic carbocycles. The van der Waals surface area contributed by atoms with E-state index in [4.69, 9.17) is 0 Å². The van der Waals surface area contributed by atoms with E-state index in [0.29, 0.717) is 12.4 Å². The van der Waals surface area contributed by atoms with Crippen LogP contribution in [0.1, 0.15) is 12.2 Å². The fourth-order valence-electron chi connectivity index (χ4n) is 2.88. The summed E-state index contributed by atoms with van der Waals surface area (Å²) in [6.45, 7) is 0.617. The van der Waals surface area contributed by atoms with Crippen molar-refractivity contribution in [3.8, 4) is 0 Å². The standard InChI is InChI=1S/C16H14BrN5O/c17-12-3-1-2-10-4-6-13(19-15(10)12)20-16(23)11-5-7-14-21-18-9-22(14)8-11/h1-4,6,9,11H,5,7-8H2,(H,19,20,23). The monoisotopic (exact) mass is 371 g/mol. The molecular formula is C16H14BrN5O. The summed E-state index contributed by atoms with van der Waals surface area (Å²) in [7, 11) is 0. The third kappa shape index (κ3) is 2.72. The molecule has 1 atom stereocenters. The van der Waals surface area contributed by atoms with Crippen LogP contribution in [-0.4, -0.2) is 25.7 Å². The Morgan fingerprint density at radius 1 is 1.30 bits per heavy atom. The van der Waals surface area contributed by atoms with Crippen molar-refractivity contribution >= 4 is 38.6 Å². The van der Waals surface area contributed by atoms with Crippen molar-refractivity contribution in [2.45, 2.75) is 19.4 Å². The Kier molecular flexibility index (Phi) is 3.57. The van der Waals surface area contributed by atoms with Crippen LogP contribution < -0.4 is 5.32 Å². The molecule has 0 bridgehead atoms. The van der Waals surface area contributed by atoms with Crippen molar-refractivity contribution < 1.29 is 4.79 Å². The summed E-state index contributed by atoms with van der Waals surface area (Å²) in [6.07, 6.45) is 3.23. The van der Waals surface area contributed by atoms with Crippen molar-refractivity contribution in [2.24, 2.45) is 5.92 Å². The maximum atomic E-state index is 12.5. The van der Waals surface area contributed by atoms with E-state index in [1.54, 1.807) is 6.33 Å². The quantitative estimate of drug-likeness (QED) is 0.751. The minimum Gasteiger partial charge on any atom is -0.317 e.